The van der Waals surface area contributed by atoms with Gasteiger partial charge in [0, 0.05) is 4.90 Å². The number of carboxylic acid groups (broad SMARTS) is 1. The smallest absolute Gasteiger partial charge is 0.387 e. The summed E-state index contributed by atoms with van der Waals surface area (Å²) in [5, 5.41) is 17.5. The largest absolute Gasteiger partial charge is 0.478 e. The van der Waals surface area contributed by atoms with Crippen molar-refractivity contribution in [2.45, 2.75) is 11.5 Å². The number of nitrogens with zero attached hydrogens (tertiary/aromatic N) is 1. The van der Waals surface area contributed by atoms with Crippen molar-refractivity contribution in [3.05, 3.63) is 23.3 Å². The number of rotatable bonds is 3. The number of hydrogen-bond acceptors (Lipinski definition) is 4. The monoisotopic (exact) mass is 245 g/mol. The zero-order chi connectivity index (χ0) is 12.3. The zero-order valence-corrected chi connectivity index (χ0v) is 8.54. The second-order valence-corrected chi connectivity index (χ2v) is 3.11. The first-order valence-corrected chi connectivity index (χ1v) is 4.36. The molecule has 1 N–H and O–H groups in total. The highest BCUT2D eigenvalue weighted by Gasteiger charge is 2.20. The van der Waals surface area contributed by atoms with E-state index in [0.29, 0.717) is 0 Å². The Morgan fingerprint density at radius 1 is 1.56 bits per heavy atom. The van der Waals surface area contributed by atoms with E-state index in [-0.39, 0.29) is 4.90 Å². The number of thiol groups is 1. The lowest BCUT2D eigenvalue weighted by Crippen LogP contribution is -2.08. The normalized spacial score (nSPS) is 9.94. The molecule has 0 heterocycles. The molecule has 16 heavy (non-hydrogen) atoms. The minimum Gasteiger partial charge on any atom is -0.478 e. The van der Waals surface area contributed by atoms with Crippen molar-refractivity contribution in [3.63, 3.8) is 0 Å². The van der Waals surface area contributed by atoms with Crippen molar-refractivity contribution in [3.8, 4) is 11.8 Å². The van der Waals surface area contributed by atoms with Crippen molar-refractivity contribution in [2.24, 2.45) is 0 Å². The standard InChI is InChI=1S/C9H5F2NO3S/c10-9(11)15-5-1-2-6(16)7(8(13)14)4(5)3-12/h1-2,9,16H,(H,13,14). The van der Waals surface area contributed by atoms with E-state index >= 15 is 0 Å². The fourth-order valence-electron chi connectivity index (χ4n) is 1.09. The average Bonchev–Trinajstić information content (AvgIpc) is 2.18. The summed E-state index contributed by atoms with van der Waals surface area (Å²) >= 11 is 3.82. The number of benzene rings is 1. The van der Waals surface area contributed by atoms with Crippen molar-refractivity contribution in [1.29, 1.82) is 5.26 Å². The molecule has 7 heteroatoms. The SMILES string of the molecule is N#Cc1c(OC(F)F)ccc(S)c1C(=O)O. The van der Waals surface area contributed by atoms with Gasteiger partial charge in [-0.3, -0.25) is 0 Å². The van der Waals surface area contributed by atoms with Crippen LogP contribution >= 0.6 is 12.6 Å². The number of nitriles is 1. The quantitative estimate of drug-likeness (QED) is 0.800. The van der Waals surface area contributed by atoms with Gasteiger partial charge in [-0.25, -0.2) is 4.79 Å². The Morgan fingerprint density at radius 3 is 2.62 bits per heavy atom. The van der Waals surface area contributed by atoms with Crippen LogP contribution in [0.4, 0.5) is 8.78 Å². The molecule has 0 aliphatic carbocycles. The van der Waals surface area contributed by atoms with Crippen molar-refractivity contribution < 1.29 is 23.4 Å². The topological polar surface area (TPSA) is 70.3 Å². The van der Waals surface area contributed by atoms with Gasteiger partial charge < -0.3 is 9.84 Å². The number of ether oxygens (including phenoxy) is 1. The van der Waals surface area contributed by atoms with Crippen molar-refractivity contribution in [2.75, 3.05) is 0 Å². The maximum absolute atomic E-state index is 12.0. The molecule has 0 amide bonds. The maximum Gasteiger partial charge on any atom is 0.387 e. The number of aromatic carboxylic acids is 1. The molecule has 0 saturated heterocycles. The Hall–Kier alpha value is -1.81. The van der Waals surface area contributed by atoms with Crippen LogP contribution in [0, 0.1) is 11.3 Å². The molecular formula is C9H5F2NO3S. The number of hydrogen-bond donors (Lipinski definition) is 2. The molecule has 0 aromatic heterocycles. The highest BCUT2D eigenvalue weighted by molar-refractivity contribution is 7.80. The van der Waals surface area contributed by atoms with Crippen LogP contribution in [0.1, 0.15) is 15.9 Å². The van der Waals surface area contributed by atoms with E-state index in [2.05, 4.69) is 17.4 Å². The molecule has 0 radical (unpaired) electrons. The van der Waals surface area contributed by atoms with Gasteiger partial charge in [0.05, 0.1) is 5.56 Å². The predicted molar refractivity (Wildman–Crippen MR) is 52.0 cm³/mol. The molecule has 0 saturated carbocycles. The fraction of sp³-hybridized carbons (Fsp3) is 0.111. The summed E-state index contributed by atoms with van der Waals surface area (Å²) in [4.78, 5) is 10.8. The maximum atomic E-state index is 12.0. The molecule has 0 spiro atoms. The van der Waals surface area contributed by atoms with E-state index in [1.165, 1.54) is 12.1 Å². The van der Waals surface area contributed by atoms with Crippen LogP contribution in [0.15, 0.2) is 17.0 Å². The minimum atomic E-state index is -3.13. The first kappa shape index (κ1) is 12.3. The summed E-state index contributed by atoms with van der Waals surface area (Å²) in [5.74, 6) is -1.91. The Balaban J connectivity index is 3.38. The third-order valence-electron chi connectivity index (χ3n) is 1.69. The van der Waals surface area contributed by atoms with Crippen LogP contribution in [0.25, 0.3) is 0 Å². The molecule has 1 aromatic carbocycles. The molecule has 0 aliphatic heterocycles. The third-order valence-corrected chi connectivity index (χ3v) is 2.06. The summed E-state index contributed by atoms with van der Waals surface area (Å²) in [6, 6.07) is 3.74. The Labute approximate surface area is 94.5 Å². The van der Waals surface area contributed by atoms with Gasteiger partial charge in [0.15, 0.2) is 0 Å². The molecule has 0 unspecified atom stereocenters. The third kappa shape index (κ3) is 2.41. The molecule has 0 atom stereocenters. The summed E-state index contributed by atoms with van der Waals surface area (Å²) < 4.78 is 28.0. The van der Waals surface area contributed by atoms with Gasteiger partial charge in [-0.1, -0.05) is 0 Å². The lowest BCUT2D eigenvalue weighted by molar-refractivity contribution is -0.0501. The van der Waals surface area contributed by atoms with Gasteiger partial charge in [0.25, 0.3) is 0 Å². The molecule has 0 aliphatic rings. The molecule has 1 aromatic rings. The molecular weight excluding hydrogens is 240 g/mol. The Kier molecular flexibility index (Phi) is 3.68. The van der Waals surface area contributed by atoms with Crippen LogP contribution < -0.4 is 4.74 Å². The number of carbonyl (C=O) groups is 1. The highest BCUT2D eigenvalue weighted by Crippen LogP contribution is 2.28. The van der Waals surface area contributed by atoms with Crippen molar-refractivity contribution >= 4 is 18.6 Å². The van der Waals surface area contributed by atoms with Gasteiger partial charge in [-0.05, 0) is 12.1 Å². The second-order valence-electron chi connectivity index (χ2n) is 2.63. The van der Waals surface area contributed by atoms with Crippen molar-refractivity contribution in [1.82, 2.24) is 0 Å². The summed E-state index contributed by atoms with van der Waals surface area (Å²) in [6.07, 6.45) is 0. The van der Waals surface area contributed by atoms with Crippen LogP contribution in [0.5, 0.6) is 5.75 Å². The fourth-order valence-corrected chi connectivity index (χ4v) is 1.38. The molecule has 1 rings (SSSR count). The van der Waals surface area contributed by atoms with Gasteiger partial charge in [-0.15, -0.1) is 12.6 Å². The lowest BCUT2D eigenvalue weighted by Gasteiger charge is -2.09. The minimum absolute atomic E-state index is 0.00525. The van der Waals surface area contributed by atoms with Gasteiger partial charge in [-0.2, -0.15) is 14.0 Å². The average molecular weight is 245 g/mol. The van der Waals surface area contributed by atoms with E-state index in [0.717, 1.165) is 6.07 Å². The van der Waals surface area contributed by atoms with Crippen LogP contribution in [0.2, 0.25) is 0 Å². The van der Waals surface area contributed by atoms with E-state index in [1.807, 2.05) is 0 Å². The molecule has 0 bridgehead atoms. The van der Waals surface area contributed by atoms with Crippen LogP contribution in [0.3, 0.4) is 0 Å². The van der Waals surface area contributed by atoms with Gasteiger partial charge in [0.1, 0.15) is 17.4 Å². The van der Waals surface area contributed by atoms with E-state index in [4.69, 9.17) is 10.4 Å². The predicted octanol–water partition coefficient (Wildman–Crippen LogP) is 2.15. The van der Waals surface area contributed by atoms with Gasteiger partial charge >= 0.3 is 12.6 Å². The lowest BCUT2D eigenvalue weighted by atomic mass is 10.1. The van der Waals surface area contributed by atoms with E-state index in [9.17, 15) is 13.6 Å². The highest BCUT2D eigenvalue weighted by atomic mass is 32.1. The number of carboxylic acids is 1. The van der Waals surface area contributed by atoms with Crippen LogP contribution in [-0.2, 0) is 0 Å². The zero-order valence-electron chi connectivity index (χ0n) is 7.65. The first-order chi connectivity index (χ1) is 7.47. The summed E-state index contributed by atoms with van der Waals surface area (Å²) in [7, 11) is 0. The second kappa shape index (κ2) is 4.81. The van der Waals surface area contributed by atoms with E-state index < -0.39 is 29.5 Å². The van der Waals surface area contributed by atoms with E-state index in [1.54, 1.807) is 0 Å². The van der Waals surface area contributed by atoms with Crippen LogP contribution in [-0.4, -0.2) is 17.7 Å². The Morgan fingerprint density at radius 2 is 2.19 bits per heavy atom. The Bertz CT molecular complexity index is 471. The summed E-state index contributed by atoms with van der Waals surface area (Å²) in [5.41, 5.74) is -0.927. The molecule has 84 valence electrons. The number of alkyl halides is 2. The first-order valence-electron chi connectivity index (χ1n) is 3.91. The number of halogens is 2. The molecule has 4 nitrogen and oxygen atoms in total. The molecule has 0 fully saturated rings. The summed E-state index contributed by atoms with van der Waals surface area (Å²) in [6.45, 7) is -3.13. The van der Waals surface area contributed by atoms with Gasteiger partial charge in [0.2, 0.25) is 0 Å².